The number of hydrogen-bond donors (Lipinski definition) is 2. The maximum absolute atomic E-state index is 12.6. The molecule has 0 saturated carbocycles. The summed E-state index contributed by atoms with van der Waals surface area (Å²) in [6.45, 7) is 0.981. The van der Waals surface area contributed by atoms with Crippen LogP contribution in [0.2, 0.25) is 0 Å². The topological polar surface area (TPSA) is 82.1 Å². The van der Waals surface area contributed by atoms with Gasteiger partial charge in [0.1, 0.15) is 11.0 Å². The fourth-order valence-corrected chi connectivity index (χ4v) is 2.87. The zero-order valence-corrected chi connectivity index (χ0v) is 11.2. The highest BCUT2D eigenvalue weighted by molar-refractivity contribution is 5.97. The van der Waals surface area contributed by atoms with Gasteiger partial charge in [0.25, 0.3) is 5.91 Å². The lowest BCUT2D eigenvalue weighted by Gasteiger charge is -2.24. The van der Waals surface area contributed by atoms with Crippen LogP contribution in [0.15, 0.2) is 18.2 Å². The molecule has 1 amide bonds. The second kappa shape index (κ2) is 5.58. The number of aromatic nitrogens is 3. The first kappa shape index (κ1) is 13.1. The van der Waals surface area contributed by atoms with E-state index in [-0.39, 0.29) is 18.6 Å². The van der Waals surface area contributed by atoms with Crippen LogP contribution in [0.3, 0.4) is 0 Å². The van der Waals surface area contributed by atoms with Gasteiger partial charge in [-0.25, -0.2) is 0 Å². The summed E-state index contributed by atoms with van der Waals surface area (Å²) in [5, 5.41) is 19.5. The van der Waals surface area contributed by atoms with Crippen molar-refractivity contribution < 1.29 is 9.90 Å². The van der Waals surface area contributed by atoms with Crippen molar-refractivity contribution in [3.8, 4) is 0 Å². The van der Waals surface area contributed by atoms with E-state index in [9.17, 15) is 4.79 Å². The van der Waals surface area contributed by atoms with Gasteiger partial charge < -0.3 is 10.0 Å². The van der Waals surface area contributed by atoms with E-state index in [1.807, 2.05) is 11.0 Å². The van der Waals surface area contributed by atoms with Crippen LogP contribution in [0.4, 0.5) is 0 Å². The highest BCUT2D eigenvalue weighted by Crippen LogP contribution is 2.24. The molecule has 0 bridgehead atoms. The molecule has 20 heavy (non-hydrogen) atoms. The van der Waals surface area contributed by atoms with Crippen molar-refractivity contribution >= 4 is 16.9 Å². The molecule has 1 aromatic carbocycles. The highest BCUT2D eigenvalue weighted by atomic mass is 16.3. The molecule has 2 N–H and O–H groups in total. The first-order valence-corrected chi connectivity index (χ1v) is 7.02. The van der Waals surface area contributed by atoms with Crippen LogP contribution >= 0.6 is 0 Å². The van der Waals surface area contributed by atoms with E-state index in [4.69, 9.17) is 5.11 Å². The fraction of sp³-hybridized carbons (Fsp3) is 0.500. The molecule has 0 aliphatic carbocycles. The van der Waals surface area contributed by atoms with Crippen molar-refractivity contribution in [2.24, 2.45) is 0 Å². The maximum Gasteiger partial charge on any atom is 0.254 e. The molecule has 1 aromatic heterocycles. The Morgan fingerprint density at radius 1 is 1.40 bits per heavy atom. The maximum atomic E-state index is 12.6. The van der Waals surface area contributed by atoms with Crippen LogP contribution in [-0.2, 0) is 0 Å². The molecule has 1 atom stereocenters. The number of nitrogens with zero attached hydrogens (tertiary/aromatic N) is 3. The molecule has 2 heterocycles. The minimum atomic E-state index is 0.0512. The molecule has 2 aromatic rings. The number of aromatic amines is 1. The van der Waals surface area contributed by atoms with Crippen LogP contribution in [-0.4, -0.2) is 50.5 Å². The minimum Gasteiger partial charge on any atom is -0.396 e. The first-order chi connectivity index (χ1) is 9.79. The lowest BCUT2D eigenvalue weighted by Crippen LogP contribution is -2.35. The second-order valence-corrected chi connectivity index (χ2v) is 5.19. The Labute approximate surface area is 116 Å². The standard InChI is InChI=1S/C14H18N4O2/c19-8-2-4-11-3-1-7-18(11)14(20)10-5-6-12-13(9-10)16-17-15-12/h5-6,9,11,19H,1-4,7-8H2,(H,15,16,17). The Morgan fingerprint density at radius 2 is 2.25 bits per heavy atom. The zero-order valence-electron chi connectivity index (χ0n) is 11.2. The van der Waals surface area contributed by atoms with Gasteiger partial charge in [-0.15, -0.1) is 0 Å². The van der Waals surface area contributed by atoms with Gasteiger partial charge in [0, 0.05) is 24.8 Å². The molecule has 1 aliphatic rings. The van der Waals surface area contributed by atoms with Gasteiger partial charge in [-0.1, -0.05) is 0 Å². The quantitative estimate of drug-likeness (QED) is 0.881. The SMILES string of the molecule is O=C(c1ccc2n[nH]nc2c1)N1CCCC1CCCO. The van der Waals surface area contributed by atoms with E-state index < -0.39 is 0 Å². The third-order valence-corrected chi connectivity index (χ3v) is 3.90. The smallest absolute Gasteiger partial charge is 0.254 e. The molecule has 6 heteroatoms. The number of amides is 1. The lowest BCUT2D eigenvalue weighted by molar-refractivity contribution is 0.0724. The summed E-state index contributed by atoms with van der Waals surface area (Å²) in [7, 11) is 0. The molecule has 1 unspecified atom stereocenters. The van der Waals surface area contributed by atoms with Crippen molar-refractivity contribution in [2.45, 2.75) is 31.7 Å². The summed E-state index contributed by atoms with van der Waals surface area (Å²) in [4.78, 5) is 14.5. The summed E-state index contributed by atoms with van der Waals surface area (Å²) >= 11 is 0. The molecule has 0 spiro atoms. The third kappa shape index (κ3) is 2.38. The third-order valence-electron chi connectivity index (χ3n) is 3.90. The summed E-state index contributed by atoms with van der Waals surface area (Å²) in [5.41, 5.74) is 2.13. The average Bonchev–Trinajstić information content (AvgIpc) is 3.12. The number of aliphatic hydroxyl groups is 1. The normalized spacial score (nSPS) is 18.9. The molecule has 106 valence electrons. The van der Waals surface area contributed by atoms with Gasteiger partial charge >= 0.3 is 0 Å². The van der Waals surface area contributed by atoms with Gasteiger partial charge in [-0.05, 0) is 43.9 Å². The molecule has 1 saturated heterocycles. The van der Waals surface area contributed by atoms with Gasteiger partial charge in [0.15, 0.2) is 0 Å². The number of benzene rings is 1. The van der Waals surface area contributed by atoms with Crippen molar-refractivity contribution in [2.75, 3.05) is 13.2 Å². The first-order valence-electron chi connectivity index (χ1n) is 7.02. The van der Waals surface area contributed by atoms with E-state index in [1.54, 1.807) is 12.1 Å². The molecular weight excluding hydrogens is 256 g/mol. The van der Waals surface area contributed by atoms with Gasteiger partial charge in [-0.2, -0.15) is 15.4 Å². The second-order valence-electron chi connectivity index (χ2n) is 5.19. The summed E-state index contributed by atoms with van der Waals surface area (Å²) in [6, 6.07) is 5.64. The Kier molecular flexibility index (Phi) is 3.64. The fourth-order valence-electron chi connectivity index (χ4n) is 2.87. The Hall–Kier alpha value is -1.95. The van der Waals surface area contributed by atoms with Gasteiger partial charge in [0.2, 0.25) is 0 Å². The van der Waals surface area contributed by atoms with E-state index >= 15 is 0 Å². The number of likely N-dealkylation sites (tertiary alicyclic amines) is 1. The van der Waals surface area contributed by atoms with E-state index in [2.05, 4.69) is 15.4 Å². The van der Waals surface area contributed by atoms with Crippen molar-refractivity contribution in [1.29, 1.82) is 0 Å². The number of carbonyl (C=O) groups excluding carboxylic acids is 1. The van der Waals surface area contributed by atoms with Gasteiger partial charge in [-0.3, -0.25) is 4.79 Å². The monoisotopic (exact) mass is 274 g/mol. The number of fused-ring (bicyclic) bond motifs is 1. The van der Waals surface area contributed by atoms with E-state index in [0.29, 0.717) is 11.1 Å². The number of aliphatic hydroxyl groups excluding tert-OH is 1. The summed E-state index contributed by atoms with van der Waals surface area (Å²) in [6.07, 6.45) is 3.68. The minimum absolute atomic E-state index is 0.0512. The number of carbonyl (C=O) groups is 1. The molecule has 0 radical (unpaired) electrons. The number of H-pyrrole nitrogens is 1. The average molecular weight is 274 g/mol. The molecular formula is C14H18N4O2. The van der Waals surface area contributed by atoms with Crippen molar-refractivity contribution in [1.82, 2.24) is 20.3 Å². The number of hydrogen-bond acceptors (Lipinski definition) is 4. The predicted octanol–water partition coefficient (Wildman–Crippen LogP) is 1.33. The predicted molar refractivity (Wildman–Crippen MR) is 74.3 cm³/mol. The summed E-state index contributed by atoms with van der Waals surface area (Å²) in [5.74, 6) is 0.0512. The largest absolute Gasteiger partial charge is 0.396 e. The molecule has 3 rings (SSSR count). The van der Waals surface area contributed by atoms with Gasteiger partial charge in [0.05, 0.1) is 0 Å². The van der Waals surface area contributed by atoms with Crippen LogP contribution in [0.5, 0.6) is 0 Å². The van der Waals surface area contributed by atoms with Crippen molar-refractivity contribution in [3.63, 3.8) is 0 Å². The van der Waals surface area contributed by atoms with Crippen LogP contribution in [0.25, 0.3) is 11.0 Å². The summed E-state index contributed by atoms with van der Waals surface area (Å²) < 4.78 is 0. The van der Waals surface area contributed by atoms with Crippen LogP contribution in [0.1, 0.15) is 36.0 Å². The number of rotatable bonds is 4. The highest BCUT2D eigenvalue weighted by Gasteiger charge is 2.29. The van der Waals surface area contributed by atoms with E-state index in [1.165, 1.54) is 0 Å². The Morgan fingerprint density at radius 3 is 3.10 bits per heavy atom. The van der Waals surface area contributed by atoms with E-state index in [0.717, 1.165) is 37.7 Å². The van der Waals surface area contributed by atoms with Crippen LogP contribution in [0, 0.1) is 0 Å². The molecule has 1 fully saturated rings. The molecule has 1 aliphatic heterocycles. The molecule has 6 nitrogen and oxygen atoms in total. The Balaban J connectivity index is 1.79. The Bertz CT molecular complexity index is 610. The zero-order chi connectivity index (χ0) is 13.9. The lowest BCUT2D eigenvalue weighted by atomic mass is 10.1. The van der Waals surface area contributed by atoms with Crippen LogP contribution < -0.4 is 0 Å². The number of nitrogens with one attached hydrogen (secondary N) is 1. The van der Waals surface area contributed by atoms with Crippen molar-refractivity contribution in [3.05, 3.63) is 23.8 Å².